The zero-order valence-corrected chi connectivity index (χ0v) is 10.0. The fourth-order valence-electron chi connectivity index (χ4n) is 1.03. The normalized spacial score (nSPS) is 10.8. The Balaban J connectivity index is -0.00000128. The first-order valence-electron chi connectivity index (χ1n) is 3.92. The molecule has 12 nitrogen and oxygen atoms in total. The maximum absolute atomic E-state index is 10.8. The van der Waals surface area contributed by atoms with Crippen LogP contribution in [0.3, 0.4) is 0 Å². The molecule has 0 aliphatic rings. The van der Waals surface area contributed by atoms with Gasteiger partial charge in [-0.1, -0.05) is 0 Å². The lowest BCUT2D eigenvalue weighted by atomic mass is 9.96. The first-order chi connectivity index (χ1) is 7.48. The number of carboxylic acids is 3. The van der Waals surface area contributed by atoms with E-state index < -0.39 is 44.2 Å². The van der Waals surface area contributed by atoms with Gasteiger partial charge in [-0.25, -0.2) is 9.36 Å². The molecular weight excluding hydrogens is 295 g/mol. The Morgan fingerprint density at radius 2 is 1.26 bits per heavy atom. The van der Waals surface area contributed by atoms with Crippen molar-refractivity contribution in [3.63, 3.8) is 0 Å². The van der Waals surface area contributed by atoms with Crippen molar-refractivity contribution in [2.75, 3.05) is 0 Å². The molecule has 9 N–H and O–H groups in total. The van der Waals surface area contributed by atoms with Crippen molar-refractivity contribution in [1.29, 1.82) is 0 Å². The molecule has 0 fully saturated rings. The van der Waals surface area contributed by atoms with Crippen molar-refractivity contribution in [3.05, 3.63) is 0 Å². The van der Waals surface area contributed by atoms with Gasteiger partial charge in [0, 0.05) is 0 Å². The lowest BCUT2D eigenvalue weighted by Gasteiger charge is -2.26. The number of hydrogen-bond acceptors (Lipinski definition) is 5. The van der Waals surface area contributed by atoms with Crippen molar-refractivity contribution < 1.29 is 59.5 Å². The van der Waals surface area contributed by atoms with Gasteiger partial charge in [0.15, 0.2) is 5.60 Å². The minimum atomic E-state index is -5.36. The Kier molecular flexibility index (Phi) is 9.26. The Labute approximate surface area is 105 Å². The molecule has 0 aromatic rings. The Morgan fingerprint density at radius 1 is 0.947 bits per heavy atom. The summed E-state index contributed by atoms with van der Waals surface area (Å²) in [7, 11) is -5.36. The Bertz CT molecular complexity index is 366. The average molecular weight is 308 g/mol. The first kappa shape index (κ1) is 22.6. The van der Waals surface area contributed by atoms with Crippen LogP contribution in [0.4, 0.5) is 0 Å². The number of phosphoric ester groups is 1. The molecule has 0 aromatic heterocycles. The molecule has 0 unspecified atom stereocenters. The SMILES string of the molecule is O.O.O=C(O)CC(CC(=O)O)(OP(=O)(O)O)C(=O)O. The number of rotatable bonds is 7. The van der Waals surface area contributed by atoms with E-state index in [1.807, 2.05) is 0 Å². The lowest BCUT2D eigenvalue weighted by molar-refractivity contribution is -0.168. The fraction of sp³-hybridized carbons (Fsp3) is 0.500. The predicted octanol–water partition coefficient (Wildman–Crippen LogP) is -2.78. The second kappa shape index (κ2) is 7.78. The topological polar surface area (TPSA) is 242 Å². The van der Waals surface area contributed by atoms with Gasteiger partial charge in [-0.3, -0.25) is 14.1 Å². The van der Waals surface area contributed by atoms with Crippen LogP contribution >= 0.6 is 7.82 Å². The van der Waals surface area contributed by atoms with E-state index in [9.17, 15) is 18.9 Å². The molecule has 0 amide bonds. The highest BCUT2D eigenvalue weighted by Crippen LogP contribution is 2.44. The molecule has 0 spiro atoms. The van der Waals surface area contributed by atoms with Crippen LogP contribution in [0.2, 0.25) is 0 Å². The summed E-state index contributed by atoms with van der Waals surface area (Å²) >= 11 is 0. The van der Waals surface area contributed by atoms with E-state index in [0.717, 1.165) is 0 Å². The fourth-order valence-corrected chi connectivity index (χ4v) is 1.70. The quantitative estimate of drug-likeness (QED) is 0.302. The van der Waals surface area contributed by atoms with E-state index in [1.165, 1.54) is 0 Å². The summed E-state index contributed by atoms with van der Waals surface area (Å²) in [5, 5.41) is 25.5. The van der Waals surface area contributed by atoms with Gasteiger partial charge in [0.2, 0.25) is 0 Å². The average Bonchev–Trinajstić information content (AvgIpc) is 1.96. The van der Waals surface area contributed by atoms with Crippen LogP contribution < -0.4 is 0 Å². The van der Waals surface area contributed by atoms with Gasteiger partial charge in [0.1, 0.15) is 0 Å². The molecule has 0 saturated carbocycles. The van der Waals surface area contributed by atoms with Crippen LogP contribution in [-0.4, -0.2) is 59.6 Å². The van der Waals surface area contributed by atoms with Crippen LogP contribution in [0.1, 0.15) is 12.8 Å². The third kappa shape index (κ3) is 8.20. The summed E-state index contributed by atoms with van der Waals surface area (Å²) in [4.78, 5) is 48.5. The van der Waals surface area contributed by atoms with E-state index in [1.54, 1.807) is 0 Å². The third-order valence-corrected chi connectivity index (χ3v) is 2.14. The summed E-state index contributed by atoms with van der Waals surface area (Å²) in [5.74, 6) is -5.64. The van der Waals surface area contributed by atoms with E-state index in [-0.39, 0.29) is 11.0 Å². The van der Waals surface area contributed by atoms with E-state index in [4.69, 9.17) is 25.1 Å². The number of carboxylic acid groups (broad SMARTS) is 3. The van der Waals surface area contributed by atoms with Crippen LogP contribution in [-0.2, 0) is 23.5 Å². The van der Waals surface area contributed by atoms with Crippen molar-refractivity contribution in [1.82, 2.24) is 0 Å². The number of carbonyl (C=O) groups is 3. The van der Waals surface area contributed by atoms with E-state index in [0.29, 0.717) is 0 Å². The molecule has 0 bridgehead atoms. The van der Waals surface area contributed by atoms with Gasteiger partial charge in [-0.2, -0.15) is 0 Å². The first-order valence-corrected chi connectivity index (χ1v) is 5.45. The van der Waals surface area contributed by atoms with Crippen molar-refractivity contribution >= 4 is 25.7 Å². The number of hydrogen-bond donors (Lipinski definition) is 5. The second-order valence-electron chi connectivity index (χ2n) is 3.02. The second-order valence-corrected chi connectivity index (χ2v) is 4.19. The monoisotopic (exact) mass is 308 g/mol. The largest absolute Gasteiger partial charge is 0.481 e. The Morgan fingerprint density at radius 3 is 1.42 bits per heavy atom. The molecular formula is C6H13O12P. The van der Waals surface area contributed by atoms with Crippen molar-refractivity contribution in [2.24, 2.45) is 0 Å². The maximum Gasteiger partial charge on any atom is 0.470 e. The van der Waals surface area contributed by atoms with Crippen molar-refractivity contribution in [2.45, 2.75) is 18.4 Å². The molecule has 0 radical (unpaired) electrons. The molecule has 0 aliphatic heterocycles. The zero-order chi connectivity index (χ0) is 13.9. The molecule has 0 rings (SSSR count). The molecule has 0 atom stereocenters. The van der Waals surface area contributed by atoms with Crippen molar-refractivity contribution in [3.8, 4) is 0 Å². The molecule has 13 heteroatoms. The molecule has 0 saturated heterocycles. The van der Waals surface area contributed by atoms with Gasteiger partial charge in [0.05, 0.1) is 12.8 Å². The number of phosphoric acid groups is 1. The molecule has 0 aliphatic carbocycles. The maximum atomic E-state index is 10.8. The molecule has 0 heterocycles. The summed E-state index contributed by atoms with van der Waals surface area (Å²) in [6.45, 7) is 0. The minimum Gasteiger partial charge on any atom is -0.481 e. The number of aliphatic carboxylic acids is 3. The highest BCUT2D eigenvalue weighted by atomic mass is 31.2. The van der Waals surface area contributed by atoms with Gasteiger partial charge < -0.3 is 36.1 Å². The standard InChI is InChI=1S/C6H9O10P.2H2O/c7-3(8)1-6(5(11)12,2-4(9)10)16-17(13,14)15;;/h1-2H2,(H,7,8)(H,9,10)(H,11,12)(H2,13,14,15);2*1H2. The summed E-state index contributed by atoms with van der Waals surface area (Å²) in [6, 6.07) is 0. The highest BCUT2D eigenvalue weighted by molar-refractivity contribution is 7.46. The van der Waals surface area contributed by atoms with Crippen LogP contribution in [0.5, 0.6) is 0 Å². The molecule has 0 aromatic carbocycles. The van der Waals surface area contributed by atoms with Gasteiger partial charge in [-0.05, 0) is 0 Å². The summed E-state index contributed by atoms with van der Waals surface area (Å²) in [6.07, 6.45) is -2.81. The minimum absolute atomic E-state index is 0. The van der Waals surface area contributed by atoms with Gasteiger partial charge in [0.25, 0.3) is 0 Å². The van der Waals surface area contributed by atoms with Crippen LogP contribution in [0.25, 0.3) is 0 Å². The smallest absolute Gasteiger partial charge is 0.470 e. The molecule has 114 valence electrons. The van der Waals surface area contributed by atoms with E-state index >= 15 is 0 Å². The Hall–Kier alpha value is -1.56. The third-order valence-electron chi connectivity index (χ3n) is 1.56. The van der Waals surface area contributed by atoms with Gasteiger partial charge >= 0.3 is 25.7 Å². The van der Waals surface area contributed by atoms with Crippen LogP contribution in [0, 0.1) is 0 Å². The highest BCUT2D eigenvalue weighted by Gasteiger charge is 2.49. The van der Waals surface area contributed by atoms with E-state index in [2.05, 4.69) is 4.52 Å². The lowest BCUT2D eigenvalue weighted by Crippen LogP contribution is -2.44. The predicted molar refractivity (Wildman–Crippen MR) is 55.2 cm³/mol. The molecule has 19 heavy (non-hydrogen) atoms. The van der Waals surface area contributed by atoms with Gasteiger partial charge in [-0.15, -0.1) is 0 Å². The van der Waals surface area contributed by atoms with Crippen LogP contribution in [0.15, 0.2) is 0 Å². The zero-order valence-electron chi connectivity index (χ0n) is 9.14. The summed E-state index contributed by atoms with van der Waals surface area (Å²) in [5.41, 5.74) is -3.02. The summed E-state index contributed by atoms with van der Waals surface area (Å²) < 4.78 is 14.4.